The third-order valence-electron chi connectivity index (χ3n) is 3.16. The van der Waals surface area contributed by atoms with Gasteiger partial charge in [0.15, 0.2) is 5.17 Å². The van der Waals surface area contributed by atoms with Gasteiger partial charge < -0.3 is 0 Å². The first kappa shape index (κ1) is 16.8. The van der Waals surface area contributed by atoms with Crippen LogP contribution in [-0.4, -0.2) is 21.6 Å². The predicted octanol–water partition coefficient (Wildman–Crippen LogP) is 4.63. The molecule has 0 aliphatic carbocycles. The fraction of sp³-hybridized carbons (Fsp3) is 0.0667. The van der Waals surface area contributed by atoms with Gasteiger partial charge in [0, 0.05) is 23.4 Å². The van der Waals surface area contributed by atoms with E-state index in [0.717, 1.165) is 5.71 Å². The molecule has 0 saturated heterocycles. The number of hydrazone groups is 1. The highest BCUT2D eigenvalue weighted by Crippen LogP contribution is 2.27. The summed E-state index contributed by atoms with van der Waals surface area (Å²) in [5.74, 6) is 0.550. The van der Waals surface area contributed by atoms with Crippen molar-refractivity contribution in [2.24, 2.45) is 10.1 Å². The Kier molecular flexibility index (Phi) is 5.03. The quantitative estimate of drug-likeness (QED) is 0.621. The number of hydrogen-bond donors (Lipinski definition) is 1. The van der Waals surface area contributed by atoms with E-state index in [0.29, 0.717) is 32.2 Å². The van der Waals surface area contributed by atoms with Crippen molar-refractivity contribution in [2.45, 2.75) is 0 Å². The van der Waals surface area contributed by atoms with Crippen LogP contribution in [0.25, 0.3) is 0 Å². The lowest BCUT2D eigenvalue weighted by Crippen LogP contribution is -2.25. The molecule has 0 unspecified atom stereocenters. The number of non-ortho nitro benzene ring substituents is 1. The number of nitro benzene ring substituents is 1. The molecule has 24 heavy (non-hydrogen) atoms. The number of nitrogens with one attached hydrogen (secondary N) is 1. The molecular weight excluding hydrogens is 371 g/mol. The molecule has 0 saturated carbocycles. The Morgan fingerprint density at radius 1 is 1.21 bits per heavy atom. The zero-order valence-corrected chi connectivity index (χ0v) is 14.4. The van der Waals surface area contributed by atoms with Crippen LogP contribution in [0.1, 0.15) is 5.56 Å². The van der Waals surface area contributed by atoms with E-state index in [1.807, 2.05) is 0 Å². The molecule has 1 aliphatic heterocycles. The van der Waals surface area contributed by atoms with Crippen LogP contribution in [0.2, 0.25) is 10.0 Å². The molecule has 0 atom stereocenters. The minimum absolute atomic E-state index is 0.0375. The van der Waals surface area contributed by atoms with E-state index in [9.17, 15) is 10.1 Å². The van der Waals surface area contributed by atoms with Gasteiger partial charge in [-0.2, -0.15) is 5.10 Å². The first-order valence-corrected chi connectivity index (χ1v) is 8.51. The molecule has 0 amide bonds. The van der Waals surface area contributed by atoms with E-state index in [1.54, 1.807) is 30.3 Å². The lowest BCUT2D eigenvalue weighted by atomic mass is 10.1. The van der Waals surface area contributed by atoms with Crippen LogP contribution in [0, 0.1) is 10.1 Å². The maximum atomic E-state index is 10.8. The van der Waals surface area contributed by atoms with Crippen molar-refractivity contribution in [2.75, 3.05) is 5.75 Å². The molecule has 1 N–H and O–H groups in total. The van der Waals surface area contributed by atoms with E-state index in [4.69, 9.17) is 23.2 Å². The Labute approximate surface area is 151 Å². The average Bonchev–Trinajstić information content (AvgIpc) is 2.59. The normalized spacial score (nSPS) is 15.8. The standard InChI is InChI=1S/C15H10Cl2N4O2S/c16-12-5-4-10(7-13(12)17)18-15-20-19-14(8-24-15)9-2-1-3-11(6-9)21(22)23/h1-7H,8H2,(H,18,20). The first-order chi connectivity index (χ1) is 11.5. The van der Waals surface area contributed by atoms with Gasteiger partial charge in [0.25, 0.3) is 5.69 Å². The second-order valence-electron chi connectivity index (χ2n) is 4.78. The number of rotatable bonds is 3. The maximum Gasteiger partial charge on any atom is 0.270 e. The third kappa shape index (κ3) is 3.87. The lowest BCUT2D eigenvalue weighted by Gasteiger charge is -2.14. The maximum absolute atomic E-state index is 10.8. The smallest absolute Gasteiger partial charge is 0.258 e. The molecule has 0 aromatic heterocycles. The summed E-state index contributed by atoms with van der Waals surface area (Å²) in [6.07, 6.45) is 0. The monoisotopic (exact) mass is 380 g/mol. The number of hydrogen-bond acceptors (Lipinski definition) is 5. The van der Waals surface area contributed by atoms with Gasteiger partial charge in [-0.3, -0.25) is 15.5 Å². The highest BCUT2D eigenvalue weighted by molar-refractivity contribution is 8.14. The minimum atomic E-state index is -0.426. The number of nitrogens with zero attached hydrogens (tertiary/aromatic N) is 3. The molecule has 0 radical (unpaired) electrons. The highest BCUT2D eigenvalue weighted by Gasteiger charge is 2.15. The summed E-state index contributed by atoms with van der Waals surface area (Å²) >= 11 is 13.3. The van der Waals surface area contributed by atoms with E-state index < -0.39 is 4.92 Å². The molecule has 9 heteroatoms. The summed E-state index contributed by atoms with van der Waals surface area (Å²) in [5, 5.41) is 16.6. The molecule has 2 aromatic carbocycles. The van der Waals surface area contributed by atoms with Crippen molar-refractivity contribution >= 4 is 57.2 Å². The third-order valence-corrected chi connectivity index (χ3v) is 4.77. The molecule has 1 heterocycles. The molecule has 3 rings (SSSR count). The number of benzene rings is 2. The van der Waals surface area contributed by atoms with Crippen molar-refractivity contribution in [3.63, 3.8) is 0 Å². The Morgan fingerprint density at radius 2 is 2.04 bits per heavy atom. The van der Waals surface area contributed by atoms with Crippen molar-refractivity contribution < 1.29 is 4.92 Å². The summed E-state index contributed by atoms with van der Waals surface area (Å²) < 4.78 is 0. The minimum Gasteiger partial charge on any atom is -0.258 e. The van der Waals surface area contributed by atoms with Crippen LogP contribution >= 0.6 is 35.0 Å². The largest absolute Gasteiger partial charge is 0.270 e. The van der Waals surface area contributed by atoms with E-state index in [2.05, 4.69) is 15.5 Å². The fourth-order valence-corrected chi connectivity index (χ4v) is 3.07. The van der Waals surface area contributed by atoms with Crippen LogP contribution in [0.4, 0.5) is 11.4 Å². The summed E-state index contributed by atoms with van der Waals surface area (Å²) in [6.45, 7) is 0. The van der Waals surface area contributed by atoms with Crippen molar-refractivity contribution in [1.29, 1.82) is 0 Å². The van der Waals surface area contributed by atoms with Gasteiger partial charge in [-0.05, 0) is 18.2 Å². The Bertz CT molecular complexity index is 870. The van der Waals surface area contributed by atoms with Crippen molar-refractivity contribution in [1.82, 2.24) is 5.43 Å². The highest BCUT2D eigenvalue weighted by atomic mass is 35.5. The zero-order chi connectivity index (χ0) is 17.1. The summed E-state index contributed by atoms with van der Waals surface area (Å²) in [6, 6.07) is 11.5. The van der Waals surface area contributed by atoms with Gasteiger partial charge in [0.1, 0.15) is 0 Å². The molecular formula is C15H10Cl2N4O2S. The topological polar surface area (TPSA) is 79.9 Å². The molecule has 122 valence electrons. The number of amidine groups is 1. The lowest BCUT2D eigenvalue weighted by molar-refractivity contribution is -0.384. The van der Waals surface area contributed by atoms with Crippen LogP contribution in [0.15, 0.2) is 52.6 Å². The predicted molar refractivity (Wildman–Crippen MR) is 98.8 cm³/mol. The van der Waals surface area contributed by atoms with Gasteiger partial charge in [0.2, 0.25) is 0 Å². The van der Waals surface area contributed by atoms with E-state index in [-0.39, 0.29) is 5.69 Å². The van der Waals surface area contributed by atoms with Gasteiger partial charge in [0.05, 0.1) is 26.4 Å². The summed E-state index contributed by atoms with van der Waals surface area (Å²) in [4.78, 5) is 14.8. The molecule has 0 spiro atoms. The second-order valence-corrected chi connectivity index (χ2v) is 6.56. The van der Waals surface area contributed by atoms with Gasteiger partial charge >= 0.3 is 0 Å². The number of nitro groups is 1. The number of halogens is 2. The molecule has 2 aromatic rings. The van der Waals surface area contributed by atoms with Gasteiger partial charge in [-0.1, -0.05) is 47.1 Å². The summed E-state index contributed by atoms with van der Waals surface area (Å²) in [7, 11) is 0. The van der Waals surface area contributed by atoms with Crippen LogP contribution < -0.4 is 5.43 Å². The van der Waals surface area contributed by atoms with Crippen LogP contribution in [0.3, 0.4) is 0 Å². The Balaban J connectivity index is 1.78. The van der Waals surface area contributed by atoms with E-state index >= 15 is 0 Å². The van der Waals surface area contributed by atoms with Crippen LogP contribution in [-0.2, 0) is 0 Å². The van der Waals surface area contributed by atoms with Gasteiger partial charge in [-0.15, -0.1) is 0 Å². The summed E-state index contributed by atoms with van der Waals surface area (Å²) in [5.41, 5.74) is 4.98. The van der Waals surface area contributed by atoms with Gasteiger partial charge in [-0.25, -0.2) is 4.99 Å². The number of aliphatic imine (C=N–C) groups is 1. The molecule has 0 bridgehead atoms. The Hall–Kier alpha value is -2.09. The SMILES string of the molecule is O=[N+]([O-])c1cccc(C2=NNC(=Nc3ccc(Cl)c(Cl)c3)SC2)c1. The second kappa shape index (κ2) is 7.21. The van der Waals surface area contributed by atoms with Crippen molar-refractivity contribution in [3.05, 3.63) is 68.2 Å². The van der Waals surface area contributed by atoms with E-state index in [1.165, 1.54) is 23.9 Å². The van der Waals surface area contributed by atoms with Crippen LogP contribution in [0.5, 0.6) is 0 Å². The molecule has 0 fully saturated rings. The molecule has 6 nitrogen and oxygen atoms in total. The van der Waals surface area contributed by atoms with Crippen molar-refractivity contribution in [3.8, 4) is 0 Å². The zero-order valence-electron chi connectivity index (χ0n) is 12.1. The first-order valence-electron chi connectivity index (χ1n) is 6.77. The molecule has 1 aliphatic rings. The number of thioether (sulfide) groups is 1. The average molecular weight is 381 g/mol. The Morgan fingerprint density at radius 3 is 2.71 bits per heavy atom. The fourth-order valence-electron chi connectivity index (χ4n) is 1.99.